The van der Waals surface area contributed by atoms with Gasteiger partial charge in [-0.15, -0.1) is 0 Å². The molecule has 0 aliphatic rings. The average Bonchev–Trinajstić information content (AvgIpc) is 2.83. The Bertz CT molecular complexity index is 761. The Morgan fingerprint density at radius 1 is 1.25 bits per heavy atom. The van der Waals surface area contributed by atoms with E-state index in [0.717, 1.165) is 22.1 Å². The maximum absolute atomic E-state index is 11.4. The summed E-state index contributed by atoms with van der Waals surface area (Å²) >= 11 is 0. The minimum absolute atomic E-state index is 0.173. The SMILES string of the molecule is CCOC(=O)CCc1cc2c(cn1)[nH]c1ccccc12. The van der Waals surface area contributed by atoms with E-state index in [4.69, 9.17) is 4.74 Å². The van der Waals surface area contributed by atoms with Gasteiger partial charge >= 0.3 is 5.97 Å². The molecule has 0 atom stereocenters. The van der Waals surface area contributed by atoms with Gasteiger partial charge in [0.15, 0.2) is 0 Å². The highest BCUT2D eigenvalue weighted by Crippen LogP contribution is 2.25. The smallest absolute Gasteiger partial charge is 0.306 e. The van der Waals surface area contributed by atoms with Crippen LogP contribution in [0, 0.1) is 0 Å². The number of hydrogen-bond donors (Lipinski definition) is 1. The third-order valence-electron chi connectivity index (χ3n) is 3.34. The van der Waals surface area contributed by atoms with Crippen LogP contribution in [-0.2, 0) is 16.0 Å². The number of carbonyl (C=O) groups is 1. The van der Waals surface area contributed by atoms with E-state index in [1.54, 1.807) is 0 Å². The number of nitrogens with one attached hydrogen (secondary N) is 1. The zero-order valence-electron chi connectivity index (χ0n) is 11.3. The molecule has 0 saturated heterocycles. The van der Waals surface area contributed by atoms with E-state index in [0.29, 0.717) is 19.4 Å². The van der Waals surface area contributed by atoms with Crippen molar-refractivity contribution in [3.05, 3.63) is 42.2 Å². The first-order valence-electron chi connectivity index (χ1n) is 6.79. The molecule has 0 radical (unpaired) electrons. The van der Waals surface area contributed by atoms with Crippen molar-refractivity contribution < 1.29 is 9.53 Å². The normalized spacial score (nSPS) is 11.1. The molecule has 2 heterocycles. The van der Waals surface area contributed by atoms with Crippen molar-refractivity contribution in [2.45, 2.75) is 19.8 Å². The number of rotatable bonds is 4. The van der Waals surface area contributed by atoms with Gasteiger partial charge in [0.05, 0.1) is 24.7 Å². The van der Waals surface area contributed by atoms with Gasteiger partial charge in [0.1, 0.15) is 0 Å². The number of carbonyl (C=O) groups excluding carboxylic acids is 1. The van der Waals surface area contributed by atoms with Crippen LogP contribution in [0.4, 0.5) is 0 Å². The molecule has 1 aromatic carbocycles. The molecule has 4 heteroatoms. The number of benzene rings is 1. The average molecular weight is 268 g/mol. The van der Waals surface area contributed by atoms with Crippen molar-refractivity contribution in [2.24, 2.45) is 0 Å². The number of aromatic amines is 1. The van der Waals surface area contributed by atoms with Gasteiger partial charge in [-0.05, 0) is 19.1 Å². The zero-order valence-corrected chi connectivity index (χ0v) is 11.3. The molecule has 0 spiro atoms. The zero-order chi connectivity index (χ0) is 13.9. The molecule has 0 amide bonds. The summed E-state index contributed by atoms with van der Waals surface area (Å²) in [6.07, 6.45) is 2.80. The van der Waals surface area contributed by atoms with Gasteiger partial charge in [-0.1, -0.05) is 18.2 Å². The Morgan fingerprint density at radius 2 is 2.10 bits per heavy atom. The van der Waals surface area contributed by atoms with E-state index >= 15 is 0 Å². The van der Waals surface area contributed by atoms with Crippen molar-refractivity contribution >= 4 is 27.8 Å². The lowest BCUT2D eigenvalue weighted by Crippen LogP contribution is -2.05. The standard InChI is InChI=1S/C16H16N2O2/c1-2-20-16(19)8-7-11-9-13-12-5-3-4-6-14(12)18-15(13)10-17-11/h3-6,9-10,18H,2,7-8H2,1H3. The summed E-state index contributed by atoms with van der Waals surface area (Å²) in [5.41, 5.74) is 3.04. The fourth-order valence-electron chi connectivity index (χ4n) is 2.39. The molecule has 20 heavy (non-hydrogen) atoms. The van der Waals surface area contributed by atoms with E-state index in [2.05, 4.69) is 16.0 Å². The number of hydrogen-bond acceptors (Lipinski definition) is 3. The van der Waals surface area contributed by atoms with Crippen molar-refractivity contribution in [1.29, 1.82) is 0 Å². The number of pyridine rings is 1. The van der Waals surface area contributed by atoms with E-state index in [9.17, 15) is 4.79 Å². The van der Waals surface area contributed by atoms with E-state index in [-0.39, 0.29) is 5.97 Å². The minimum Gasteiger partial charge on any atom is -0.466 e. The second-order valence-electron chi connectivity index (χ2n) is 4.70. The predicted octanol–water partition coefficient (Wildman–Crippen LogP) is 3.21. The van der Waals surface area contributed by atoms with E-state index in [1.807, 2.05) is 37.4 Å². The monoisotopic (exact) mass is 268 g/mol. The van der Waals surface area contributed by atoms with Gasteiger partial charge in [0.2, 0.25) is 0 Å². The fourth-order valence-corrected chi connectivity index (χ4v) is 2.39. The van der Waals surface area contributed by atoms with Crippen LogP contribution in [0.2, 0.25) is 0 Å². The maximum Gasteiger partial charge on any atom is 0.306 e. The molecule has 0 aliphatic heterocycles. The summed E-state index contributed by atoms with van der Waals surface area (Å²) in [5.74, 6) is -0.173. The topological polar surface area (TPSA) is 55.0 Å². The van der Waals surface area contributed by atoms with E-state index in [1.165, 1.54) is 5.39 Å². The largest absolute Gasteiger partial charge is 0.466 e. The van der Waals surface area contributed by atoms with Crippen LogP contribution in [0.25, 0.3) is 21.8 Å². The first-order valence-corrected chi connectivity index (χ1v) is 6.79. The Kier molecular flexibility index (Phi) is 3.37. The summed E-state index contributed by atoms with van der Waals surface area (Å²) in [6, 6.07) is 10.2. The van der Waals surface area contributed by atoms with Crippen LogP contribution < -0.4 is 0 Å². The number of para-hydroxylation sites is 1. The van der Waals surface area contributed by atoms with Crippen LogP contribution in [0.1, 0.15) is 19.0 Å². The summed E-state index contributed by atoms with van der Waals surface area (Å²) in [4.78, 5) is 19.1. The number of nitrogens with zero attached hydrogens (tertiary/aromatic N) is 1. The fraction of sp³-hybridized carbons (Fsp3) is 0.250. The number of fused-ring (bicyclic) bond motifs is 3. The van der Waals surface area contributed by atoms with Crippen molar-refractivity contribution in [3.8, 4) is 0 Å². The van der Waals surface area contributed by atoms with Crippen LogP contribution in [-0.4, -0.2) is 22.5 Å². The molecule has 0 aliphatic carbocycles. The van der Waals surface area contributed by atoms with Crippen LogP contribution in [0.3, 0.4) is 0 Å². The Labute approximate surface area is 116 Å². The molecule has 3 rings (SSSR count). The molecule has 3 aromatic rings. The summed E-state index contributed by atoms with van der Waals surface area (Å²) in [5, 5.41) is 2.33. The molecule has 1 N–H and O–H groups in total. The molecule has 102 valence electrons. The third-order valence-corrected chi connectivity index (χ3v) is 3.34. The van der Waals surface area contributed by atoms with Gasteiger partial charge in [-0.2, -0.15) is 0 Å². The molecule has 0 unspecified atom stereocenters. The van der Waals surface area contributed by atoms with Crippen molar-refractivity contribution in [2.75, 3.05) is 6.61 Å². The second kappa shape index (κ2) is 5.33. The number of aromatic nitrogens is 2. The lowest BCUT2D eigenvalue weighted by Gasteiger charge is -2.02. The van der Waals surface area contributed by atoms with Gasteiger partial charge in [-0.25, -0.2) is 0 Å². The highest BCUT2D eigenvalue weighted by molar-refractivity contribution is 6.06. The van der Waals surface area contributed by atoms with Gasteiger partial charge in [-0.3, -0.25) is 9.78 Å². The summed E-state index contributed by atoms with van der Waals surface area (Å²) in [7, 11) is 0. The summed E-state index contributed by atoms with van der Waals surface area (Å²) < 4.78 is 4.93. The lowest BCUT2D eigenvalue weighted by atomic mass is 10.1. The molecule has 0 bridgehead atoms. The van der Waals surface area contributed by atoms with Crippen molar-refractivity contribution in [1.82, 2.24) is 9.97 Å². The van der Waals surface area contributed by atoms with Crippen LogP contribution in [0.5, 0.6) is 0 Å². The molecule has 4 nitrogen and oxygen atoms in total. The molecule has 2 aromatic heterocycles. The molecule has 0 saturated carbocycles. The highest BCUT2D eigenvalue weighted by Gasteiger charge is 2.07. The Hall–Kier alpha value is -2.36. The highest BCUT2D eigenvalue weighted by atomic mass is 16.5. The second-order valence-corrected chi connectivity index (χ2v) is 4.70. The summed E-state index contributed by atoms with van der Waals surface area (Å²) in [6.45, 7) is 2.24. The number of ether oxygens (including phenoxy) is 1. The van der Waals surface area contributed by atoms with Crippen molar-refractivity contribution in [3.63, 3.8) is 0 Å². The number of H-pyrrole nitrogens is 1. The Balaban J connectivity index is 1.90. The number of esters is 1. The predicted molar refractivity (Wildman–Crippen MR) is 78.6 cm³/mol. The van der Waals surface area contributed by atoms with Gasteiger partial charge in [0.25, 0.3) is 0 Å². The third kappa shape index (κ3) is 2.37. The first-order chi connectivity index (χ1) is 9.78. The molecular weight excluding hydrogens is 252 g/mol. The van der Waals surface area contributed by atoms with Crippen LogP contribution in [0.15, 0.2) is 36.5 Å². The quantitative estimate of drug-likeness (QED) is 0.739. The van der Waals surface area contributed by atoms with Crippen LogP contribution >= 0.6 is 0 Å². The van der Waals surface area contributed by atoms with Gasteiger partial charge in [0, 0.05) is 28.4 Å². The number of aryl methyl sites for hydroxylation is 1. The van der Waals surface area contributed by atoms with Gasteiger partial charge < -0.3 is 9.72 Å². The molecule has 0 fully saturated rings. The molecular formula is C16H16N2O2. The Morgan fingerprint density at radius 3 is 2.95 bits per heavy atom. The first kappa shape index (κ1) is 12.7. The van der Waals surface area contributed by atoms with E-state index < -0.39 is 0 Å². The maximum atomic E-state index is 11.4. The minimum atomic E-state index is -0.173. The lowest BCUT2D eigenvalue weighted by molar-refractivity contribution is -0.143.